The molecule has 72 valence electrons. The first-order valence-electron chi connectivity index (χ1n) is 4.30. The number of rotatable bonds is 3. The summed E-state index contributed by atoms with van der Waals surface area (Å²) in [5.74, 6) is 0.433. The molecule has 0 spiro atoms. The molecular weight excluding hydrogens is 166 g/mol. The lowest BCUT2D eigenvalue weighted by Gasteiger charge is -2.11. The van der Waals surface area contributed by atoms with Gasteiger partial charge in [0, 0.05) is 6.42 Å². The van der Waals surface area contributed by atoms with E-state index in [1.54, 1.807) is 11.0 Å². The molecular formula is C9H15N3O. The minimum atomic E-state index is 0.150. The van der Waals surface area contributed by atoms with Crippen molar-refractivity contribution in [2.24, 2.45) is 0 Å². The van der Waals surface area contributed by atoms with Crippen molar-refractivity contribution in [2.45, 2.75) is 33.2 Å². The molecule has 0 radical (unpaired) electrons. The molecule has 0 fully saturated rings. The summed E-state index contributed by atoms with van der Waals surface area (Å²) in [6.07, 6.45) is 3.75. The first-order valence-corrected chi connectivity index (χ1v) is 4.30. The average Bonchev–Trinajstić information content (AvgIpc) is 2.55. The van der Waals surface area contributed by atoms with Crippen LogP contribution in [0.1, 0.15) is 33.2 Å². The van der Waals surface area contributed by atoms with Gasteiger partial charge in [0.15, 0.2) is 0 Å². The predicted molar refractivity (Wildman–Crippen MR) is 50.4 cm³/mol. The Bertz CT molecular complexity index is 286. The van der Waals surface area contributed by atoms with Gasteiger partial charge in [-0.1, -0.05) is 0 Å². The normalized spacial score (nSPS) is 12.5. The topological polar surface area (TPSA) is 50.9 Å². The minimum Gasteiger partial charge on any atom is -0.512 e. The molecule has 0 saturated heterocycles. The molecule has 0 aromatic carbocycles. The molecule has 0 aliphatic rings. The second kappa shape index (κ2) is 4.07. The van der Waals surface area contributed by atoms with E-state index >= 15 is 0 Å². The van der Waals surface area contributed by atoms with Crippen LogP contribution in [0, 0.1) is 0 Å². The number of hydrogen-bond acceptors (Lipinski definition) is 3. The monoisotopic (exact) mass is 181 g/mol. The Balaban J connectivity index is 2.62. The second-order valence-electron chi connectivity index (χ2n) is 3.38. The van der Waals surface area contributed by atoms with E-state index in [0.717, 1.165) is 5.57 Å². The maximum Gasteiger partial charge on any atom is 0.137 e. The van der Waals surface area contributed by atoms with E-state index in [1.807, 2.05) is 20.8 Å². The number of allylic oxidation sites excluding steroid dienone is 2. The maximum absolute atomic E-state index is 9.51. The van der Waals surface area contributed by atoms with Gasteiger partial charge in [0.25, 0.3) is 0 Å². The van der Waals surface area contributed by atoms with E-state index in [9.17, 15) is 5.11 Å². The van der Waals surface area contributed by atoms with E-state index in [1.165, 1.54) is 6.33 Å². The van der Waals surface area contributed by atoms with Crippen LogP contribution in [0.5, 0.6) is 0 Å². The van der Waals surface area contributed by atoms with Gasteiger partial charge in [-0.05, 0) is 26.3 Å². The Morgan fingerprint density at radius 2 is 2.23 bits per heavy atom. The highest BCUT2D eigenvalue weighted by atomic mass is 16.3. The number of hydrogen-bond donors (Lipinski definition) is 1. The number of aliphatic hydroxyl groups excluding tert-OH is 1. The van der Waals surface area contributed by atoms with Crippen LogP contribution in [-0.2, 0) is 0 Å². The van der Waals surface area contributed by atoms with Crippen LogP contribution >= 0.6 is 0 Å². The number of aliphatic hydroxyl groups is 1. The lowest BCUT2D eigenvalue weighted by molar-refractivity contribution is 0.340. The van der Waals surface area contributed by atoms with Crippen molar-refractivity contribution >= 4 is 0 Å². The highest BCUT2D eigenvalue weighted by Gasteiger charge is 2.07. The van der Waals surface area contributed by atoms with Crippen molar-refractivity contribution in [3.8, 4) is 0 Å². The summed E-state index contributed by atoms with van der Waals surface area (Å²) in [6, 6.07) is 0.150. The molecule has 1 aromatic heterocycles. The van der Waals surface area contributed by atoms with Gasteiger partial charge >= 0.3 is 0 Å². The van der Waals surface area contributed by atoms with Crippen LogP contribution in [0.3, 0.4) is 0 Å². The molecule has 1 atom stereocenters. The number of nitrogens with zero attached hydrogens (tertiary/aromatic N) is 3. The Morgan fingerprint density at radius 3 is 2.69 bits per heavy atom. The minimum absolute atomic E-state index is 0.150. The van der Waals surface area contributed by atoms with Crippen LogP contribution in [0.4, 0.5) is 0 Å². The van der Waals surface area contributed by atoms with Gasteiger partial charge in [0.05, 0.1) is 11.8 Å². The zero-order valence-corrected chi connectivity index (χ0v) is 8.23. The largest absolute Gasteiger partial charge is 0.512 e. The highest BCUT2D eigenvalue weighted by Crippen LogP contribution is 2.15. The SMILES string of the molecule is CC(C)=C(O)CC(C)n1cncn1. The molecule has 0 amide bonds. The van der Waals surface area contributed by atoms with E-state index in [4.69, 9.17) is 0 Å². The second-order valence-corrected chi connectivity index (χ2v) is 3.38. The molecule has 4 heteroatoms. The zero-order valence-electron chi connectivity index (χ0n) is 8.23. The molecule has 1 N–H and O–H groups in total. The molecule has 1 heterocycles. The maximum atomic E-state index is 9.51. The van der Waals surface area contributed by atoms with Gasteiger partial charge in [-0.15, -0.1) is 0 Å². The average molecular weight is 181 g/mol. The summed E-state index contributed by atoms with van der Waals surface area (Å²) in [5.41, 5.74) is 0.951. The predicted octanol–water partition coefficient (Wildman–Crippen LogP) is 2.08. The number of aromatic nitrogens is 3. The fourth-order valence-corrected chi connectivity index (χ4v) is 1.02. The molecule has 0 saturated carbocycles. The van der Waals surface area contributed by atoms with Crippen molar-refractivity contribution in [3.63, 3.8) is 0 Å². The van der Waals surface area contributed by atoms with Crippen LogP contribution in [-0.4, -0.2) is 19.9 Å². The third-order valence-corrected chi connectivity index (χ3v) is 1.95. The molecule has 0 bridgehead atoms. The van der Waals surface area contributed by atoms with Crippen LogP contribution in [0.25, 0.3) is 0 Å². The van der Waals surface area contributed by atoms with E-state index in [0.29, 0.717) is 12.2 Å². The molecule has 0 aliphatic heterocycles. The third kappa shape index (κ3) is 2.57. The van der Waals surface area contributed by atoms with Gasteiger partial charge in [-0.25, -0.2) is 9.67 Å². The quantitative estimate of drug-likeness (QED) is 0.726. The lowest BCUT2D eigenvalue weighted by atomic mass is 10.1. The molecule has 1 unspecified atom stereocenters. The summed E-state index contributed by atoms with van der Waals surface area (Å²) in [5, 5.41) is 13.5. The molecule has 13 heavy (non-hydrogen) atoms. The summed E-state index contributed by atoms with van der Waals surface area (Å²) < 4.78 is 1.74. The van der Waals surface area contributed by atoms with Gasteiger partial charge in [0.2, 0.25) is 0 Å². The third-order valence-electron chi connectivity index (χ3n) is 1.95. The van der Waals surface area contributed by atoms with E-state index in [-0.39, 0.29) is 6.04 Å². The van der Waals surface area contributed by atoms with E-state index < -0.39 is 0 Å². The first kappa shape index (κ1) is 9.77. The Labute approximate surface area is 77.9 Å². The summed E-state index contributed by atoms with van der Waals surface area (Å²) in [7, 11) is 0. The van der Waals surface area contributed by atoms with Gasteiger partial charge in [-0.3, -0.25) is 0 Å². The molecule has 4 nitrogen and oxygen atoms in total. The summed E-state index contributed by atoms with van der Waals surface area (Å²) >= 11 is 0. The smallest absolute Gasteiger partial charge is 0.137 e. The molecule has 1 aromatic rings. The highest BCUT2D eigenvalue weighted by molar-refractivity contribution is 5.01. The van der Waals surface area contributed by atoms with Crippen molar-refractivity contribution < 1.29 is 5.11 Å². The Morgan fingerprint density at radius 1 is 1.54 bits per heavy atom. The Hall–Kier alpha value is -1.32. The van der Waals surface area contributed by atoms with Crippen LogP contribution in [0.2, 0.25) is 0 Å². The van der Waals surface area contributed by atoms with Crippen molar-refractivity contribution in [2.75, 3.05) is 0 Å². The van der Waals surface area contributed by atoms with Gasteiger partial charge in [-0.2, -0.15) is 5.10 Å². The van der Waals surface area contributed by atoms with Gasteiger partial charge < -0.3 is 5.11 Å². The standard InChI is InChI=1S/C9H15N3O/c1-7(2)9(13)4-8(3)12-6-10-5-11-12/h5-6,8,13H,4H2,1-3H3. The van der Waals surface area contributed by atoms with Crippen molar-refractivity contribution in [1.29, 1.82) is 0 Å². The fraction of sp³-hybridized carbons (Fsp3) is 0.556. The van der Waals surface area contributed by atoms with Gasteiger partial charge in [0.1, 0.15) is 12.7 Å². The first-order chi connectivity index (χ1) is 6.11. The summed E-state index contributed by atoms with van der Waals surface area (Å²) in [4.78, 5) is 3.85. The fourth-order valence-electron chi connectivity index (χ4n) is 1.02. The van der Waals surface area contributed by atoms with Crippen molar-refractivity contribution in [1.82, 2.24) is 14.8 Å². The van der Waals surface area contributed by atoms with Crippen molar-refractivity contribution in [3.05, 3.63) is 24.0 Å². The van der Waals surface area contributed by atoms with Crippen LogP contribution in [0.15, 0.2) is 24.0 Å². The van der Waals surface area contributed by atoms with E-state index in [2.05, 4.69) is 10.1 Å². The lowest BCUT2D eigenvalue weighted by Crippen LogP contribution is -2.07. The molecule has 1 rings (SSSR count). The zero-order chi connectivity index (χ0) is 9.84. The molecule has 0 aliphatic carbocycles. The van der Waals surface area contributed by atoms with Crippen LogP contribution < -0.4 is 0 Å². The summed E-state index contributed by atoms with van der Waals surface area (Å²) in [6.45, 7) is 5.78. The Kier molecular flexibility index (Phi) is 3.06.